The first kappa shape index (κ1) is 13.4. The van der Waals surface area contributed by atoms with Crippen molar-refractivity contribution in [3.05, 3.63) is 0 Å². The van der Waals surface area contributed by atoms with Gasteiger partial charge in [-0.05, 0) is 26.7 Å². The molecule has 0 spiro atoms. The van der Waals surface area contributed by atoms with E-state index in [0.29, 0.717) is 6.61 Å². The Kier molecular flexibility index (Phi) is 7.42. The largest absolute Gasteiger partial charge is 0.464 e. The van der Waals surface area contributed by atoms with Gasteiger partial charge in [0, 0.05) is 0 Å². The Hall–Kier alpha value is -0.610. The van der Waals surface area contributed by atoms with Gasteiger partial charge in [0.2, 0.25) is 0 Å². The fraction of sp³-hybridized carbons (Fsp3) is 0.900. The fourth-order valence-electron chi connectivity index (χ4n) is 1.17. The van der Waals surface area contributed by atoms with Gasteiger partial charge in [-0.1, -0.05) is 12.8 Å². The lowest BCUT2D eigenvalue weighted by Gasteiger charge is -2.01. The molecule has 1 rings (SSSR count). The van der Waals surface area contributed by atoms with E-state index in [1.165, 1.54) is 19.8 Å². The van der Waals surface area contributed by atoms with Crippen LogP contribution in [0.15, 0.2) is 0 Å². The van der Waals surface area contributed by atoms with Gasteiger partial charge in [0.1, 0.15) is 6.10 Å². The summed E-state index contributed by atoms with van der Waals surface area (Å²) in [7, 11) is 0. The van der Waals surface area contributed by atoms with Crippen molar-refractivity contribution in [1.82, 2.24) is 0 Å². The topological polar surface area (TPSA) is 66.8 Å². The second kappa shape index (κ2) is 7.76. The van der Waals surface area contributed by atoms with E-state index in [1.54, 1.807) is 6.92 Å². The lowest BCUT2D eigenvalue weighted by molar-refractivity contribution is -0.151. The average Bonchev–Trinajstić information content (AvgIpc) is 2.57. The quantitative estimate of drug-likeness (QED) is 0.654. The zero-order valence-electron chi connectivity index (χ0n) is 8.90. The van der Waals surface area contributed by atoms with Crippen LogP contribution in [0, 0.1) is 0 Å². The predicted molar refractivity (Wildman–Crippen MR) is 52.8 cm³/mol. The summed E-state index contributed by atoms with van der Waals surface area (Å²) < 4.78 is 4.41. The second-order valence-corrected chi connectivity index (χ2v) is 3.37. The molecule has 1 atom stereocenters. The third-order valence-electron chi connectivity index (χ3n) is 1.95. The van der Waals surface area contributed by atoms with Crippen molar-refractivity contribution in [2.75, 3.05) is 6.61 Å². The van der Waals surface area contributed by atoms with Gasteiger partial charge in [0.25, 0.3) is 0 Å². The van der Waals surface area contributed by atoms with Crippen LogP contribution in [0.25, 0.3) is 0 Å². The van der Waals surface area contributed by atoms with Gasteiger partial charge in [-0.3, -0.25) is 0 Å². The minimum Gasteiger partial charge on any atom is -0.464 e. The van der Waals surface area contributed by atoms with Crippen LogP contribution in [0.1, 0.15) is 39.5 Å². The Morgan fingerprint density at radius 3 is 2.14 bits per heavy atom. The third-order valence-corrected chi connectivity index (χ3v) is 1.95. The molecular weight excluding hydrogens is 184 g/mol. The Balaban J connectivity index is 0.000000249. The molecule has 2 N–H and O–H groups in total. The molecule has 1 aliphatic rings. The van der Waals surface area contributed by atoms with E-state index >= 15 is 0 Å². The summed E-state index contributed by atoms with van der Waals surface area (Å²) in [5.74, 6) is -0.562. The van der Waals surface area contributed by atoms with Crippen molar-refractivity contribution in [1.29, 1.82) is 0 Å². The Labute approximate surface area is 84.9 Å². The van der Waals surface area contributed by atoms with Crippen molar-refractivity contribution >= 4 is 5.97 Å². The van der Waals surface area contributed by atoms with Crippen LogP contribution in [0.4, 0.5) is 0 Å². The van der Waals surface area contributed by atoms with Gasteiger partial charge >= 0.3 is 5.97 Å². The van der Waals surface area contributed by atoms with E-state index in [1.807, 2.05) is 0 Å². The molecular formula is C10H20O4. The molecule has 0 saturated heterocycles. The van der Waals surface area contributed by atoms with Crippen molar-refractivity contribution in [2.24, 2.45) is 0 Å². The van der Waals surface area contributed by atoms with Crippen LogP contribution in [0.5, 0.6) is 0 Å². The van der Waals surface area contributed by atoms with Crippen molar-refractivity contribution in [3.8, 4) is 0 Å². The van der Waals surface area contributed by atoms with Crippen LogP contribution >= 0.6 is 0 Å². The molecule has 4 heteroatoms. The summed E-state index contributed by atoms with van der Waals surface area (Å²) in [6.45, 7) is 3.39. The number of hydrogen-bond acceptors (Lipinski definition) is 4. The molecule has 1 saturated carbocycles. The highest BCUT2D eigenvalue weighted by atomic mass is 16.5. The Morgan fingerprint density at radius 2 is 2.00 bits per heavy atom. The number of esters is 1. The van der Waals surface area contributed by atoms with E-state index < -0.39 is 12.1 Å². The molecule has 1 fully saturated rings. The molecule has 0 radical (unpaired) electrons. The molecule has 0 aliphatic heterocycles. The van der Waals surface area contributed by atoms with Crippen LogP contribution in [0.2, 0.25) is 0 Å². The minimum absolute atomic E-state index is 0.0463. The number of aliphatic hydroxyl groups excluding tert-OH is 2. The standard InChI is InChI=1S/C5H10O3.C5H10O/c1-3-8-5(7)4(2)6;6-5-3-1-2-4-5/h4,6H,3H2,1-2H3;5-6H,1-4H2. The average molecular weight is 204 g/mol. The number of hydrogen-bond donors (Lipinski definition) is 2. The van der Waals surface area contributed by atoms with Crippen molar-refractivity contribution in [3.63, 3.8) is 0 Å². The van der Waals surface area contributed by atoms with Gasteiger partial charge in [0.15, 0.2) is 0 Å². The molecule has 0 amide bonds. The van der Waals surface area contributed by atoms with Crippen LogP contribution < -0.4 is 0 Å². The van der Waals surface area contributed by atoms with Crippen LogP contribution in [-0.2, 0) is 9.53 Å². The molecule has 14 heavy (non-hydrogen) atoms. The van der Waals surface area contributed by atoms with E-state index in [0.717, 1.165) is 12.8 Å². The molecule has 1 unspecified atom stereocenters. The van der Waals surface area contributed by atoms with E-state index in [-0.39, 0.29) is 6.10 Å². The smallest absolute Gasteiger partial charge is 0.334 e. The maximum atomic E-state index is 10.3. The number of aliphatic hydroxyl groups is 2. The molecule has 4 nitrogen and oxygen atoms in total. The number of rotatable bonds is 2. The maximum absolute atomic E-state index is 10.3. The fourth-order valence-corrected chi connectivity index (χ4v) is 1.17. The molecule has 0 bridgehead atoms. The zero-order chi connectivity index (χ0) is 11.0. The molecule has 84 valence electrons. The molecule has 0 aromatic rings. The number of ether oxygens (including phenoxy) is 1. The van der Waals surface area contributed by atoms with Crippen LogP contribution in [-0.4, -0.2) is 35.0 Å². The van der Waals surface area contributed by atoms with E-state index in [2.05, 4.69) is 4.74 Å². The van der Waals surface area contributed by atoms with Gasteiger partial charge in [-0.25, -0.2) is 4.79 Å². The molecule has 0 aromatic carbocycles. The Morgan fingerprint density at radius 1 is 1.50 bits per heavy atom. The van der Waals surface area contributed by atoms with Gasteiger partial charge < -0.3 is 14.9 Å². The molecule has 0 aromatic heterocycles. The van der Waals surface area contributed by atoms with Crippen molar-refractivity contribution in [2.45, 2.75) is 51.7 Å². The highest BCUT2D eigenvalue weighted by molar-refractivity contribution is 5.73. The normalized spacial score (nSPS) is 18.3. The van der Waals surface area contributed by atoms with E-state index in [9.17, 15) is 4.79 Å². The first-order chi connectivity index (χ1) is 6.57. The summed E-state index contributed by atoms with van der Waals surface area (Å²) in [6.07, 6.45) is 3.61. The summed E-state index contributed by atoms with van der Waals surface area (Å²) in [4.78, 5) is 10.3. The third kappa shape index (κ3) is 6.86. The molecule has 0 heterocycles. The van der Waals surface area contributed by atoms with E-state index in [4.69, 9.17) is 10.2 Å². The van der Waals surface area contributed by atoms with Gasteiger partial charge in [0.05, 0.1) is 12.7 Å². The lowest BCUT2D eigenvalue weighted by atomic mass is 10.3. The second-order valence-electron chi connectivity index (χ2n) is 3.37. The maximum Gasteiger partial charge on any atom is 0.334 e. The molecule has 1 aliphatic carbocycles. The highest BCUT2D eigenvalue weighted by Gasteiger charge is 2.09. The summed E-state index contributed by atoms with van der Waals surface area (Å²) in [5, 5.41) is 17.2. The number of carbonyl (C=O) groups excluding carboxylic acids is 1. The SMILES string of the molecule is CCOC(=O)C(C)O.OC1CCCC1. The highest BCUT2D eigenvalue weighted by Crippen LogP contribution is 2.16. The van der Waals surface area contributed by atoms with Crippen molar-refractivity contribution < 1.29 is 19.7 Å². The van der Waals surface area contributed by atoms with Gasteiger partial charge in [-0.2, -0.15) is 0 Å². The summed E-state index contributed by atoms with van der Waals surface area (Å²) in [6, 6.07) is 0. The predicted octanol–water partition coefficient (Wildman–Crippen LogP) is 0.852. The monoisotopic (exact) mass is 204 g/mol. The minimum atomic E-state index is -0.991. The Bertz CT molecular complexity index is 150. The lowest BCUT2D eigenvalue weighted by Crippen LogP contribution is -2.18. The number of carbonyl (C=O) groups is 1. The summed E-state index contributed by atoms with van der Waals surface area (Å²) in [5.41, 5.74) is 0. The van der Waals surface area contributed by atoms with Crippen LogP contribution in [0.3, 0.4) is 0 Å². The first-order valence-electron chi connectivity index (χ1n) is 5.10. The van der Waals surface area contributed by atoms with Gasteiger partial charge in [-0.15, -0.1) is 0 Å². The summed E-state index contributed by atoms with van der Waals surface area (Å²) >= 11 is 0. The zero-order valence-corrected chi connectivity index (χ0v) is 8.90. The first-order valence-corrected chi connectivity index (χ1v) is 5.10.